The molecule has 82 valence electrons. The number of benzene rings is 1. The van der Waals surface area contributed by atoms with E-state index in [0.29, 0.717) is 5.75 Å². The van der Waals surface area contributed by atoms with Crippen molar-refractivity contribution in [3.05, 3.63) is 29.8 Å². The number of carbonyl (C=O) groups is 1. The van der Waals surface area contributed by atoms with Gasteiger partial charge in [-0.3, -0.25) is 10.5 Å². The van der Waals surface area contributed by atoms with Crippen LogP contribution in [0.4, 0.5) is 0 Å². The van der Waals surface area contributed by atoms with Gasteiger partial charge in [0.2, 0.25) is 5.91 Å². The van der Waals surface area contributed by atoms with Gasteiger partial charge in [-0.25, -0.2) is 0 Å². The zero-order valence-corrected chi connectivity index (χ0v) is 8.99. The molecule has 1 amide bonds. The molecule has 0 bridgehead atoms. The standard InChI is InChI=1S/C11H16N2O2/c1-11(2,13)15-9-5-3-4-8(6-9)7-10(12)14/h3-6H,7,13H2,1-2H3,(H2,12,14). The lowest BCUT2D eigenvalue weighted by Gasteiger charge is -2.21. The smallest absolute Gasteiger partial charge is 0.221 e. The number of nitrogens with two attached hydrogens (primary N) is 2. The van der Waals surface area contributed by atoms with Crippen LogP contribution in [0.15, 0.2) is 24.3 Å². The van der Waals surface area contributed by atoms with E-state index >= 15 is 0 Å². The second kappa shape index (κ2) is 4.31. The van der Waals surface area contributed by atoms with Gasteiger partial charge in [0.25, 0.3) is 0 Å². The first-order valence-corrected chi connectivity index (χ1v) is 4.72. The summed E-state index contributed by atoms with van der Waals surface area (Å²) in [6.07, 6.45) is 0.211. The molecule has 0 aliphatic carbocycles. The fourth-order valence-electron chi connectivity index (χ4n) is 1.22. The van der Waals surface area contributed by atoms with Crippen molar-refractivity contribution in [2.75, 3.05) is 0 Å². The van der Waals surface area contributed by atoms with Crippen molar-refractivity contribution in [1.82, 2.24) is 0 Å². The molecule has 15 heavy (non-hydrogen) atoms. The lowest BCUT2D eigenvalue weighted by molar-refractivity contribution is -0.117. The summed E-state index contributed by atoms with van der Waals surface area (Å²) in [4.78, 5) is 10.7. The van der Waals surface area contributed by atoms with E-state index in [-0.39, 0.29) is 12.3 Å². The van der Waals surface area contributed by atoms with Gasteiger partial charge in [0.1, 0.15) is 5.75 Å². The van der Waals surface area contributed by atoms with Gasteiger partial charge in [-0.15, -0.1) is 0 Å². The molecule has 0 radical (unpaired) electrons. The van der Waals surface area contributed by atoms with E-state index in [1.54, 1.807) is 32.0 Å². The summed E-state index contributed by atoms with van der Waals surface area (Å²) in [5, 5.41) is 0. The maximum absolute atomic E-state index is 10.7. The number of ether oxygens (including phenoxy) is 1. The van der Waals surface area contributed by atoms with Crippen molar-refractivity contribution in [2.45, 2.75) is 26.0 Å². The molecule has 1 aromatic rings. The lowest BCUT2D eigenvalue weighted by atomic mass is 10.1. The topological polar surface area (TPSA) is 78.3 Å². The Labute approximate surface area is 89.2 Å². The summed E-state index contributed by atoms with van der Waals surface area (Å²) in [5.74, 6) is 0.278. The highest BCUT2D eigenvalue weighted by atomic mass is 16.5. The number of carbonyl (C=O) groups excluding carboxylic acids is 1. The Morgan fingerprint density at radius 3 is 2.67 bits per heavy atom. The van der Waals surface area contributed by atoms with Gasteiger partial charge in [-0.1, -0.05) is 12.1 Å². The van der Waals surface area contributed by atoms with E-state index in [0.717, 1.165) is 5.56 Å². The van der Waals surface area contributed by atoms with Crippen molar-refractivity contribution in [3.8, 4) is 5.75 Å². The van der Waals surface area contributed by atoms with Gasteiger partial charge in [0, 0.05) is 0 Å². The van der Waals surface area contributed by atoms with Crippen LogP contribution in [0, 0.1) is 0 Å². The predicted octanol–water partition coefficient (Wildman–Crippen LogP) is 0.788. The molecule has 0 aliphatic rings. The molecule has 0 spiro atoms. The van der Waals surface area contributed by atoms with E-state index in [9.17, 15) is 4.79 Å². The second-order valence-electron chi connectivity index (χ2n) is 4.00. The van der Waals surface area contributed by atoms with Crippen molar-refractivity contribution >= 4 is 5.91 Å². The Morgan fingerprint density at radius 1 is 1.47 bits per heavy atom. The Bertz CT molecular complexity index is 356. The molecule has 0 atom stereocenters. The molecule has 1 rings (SSSR count). The Hall–Kier alpha value is -1.55. The fourth-order valence-corrected chi connectivity index (χ4v) is 1.22. The van der Waals surface area contributed by atoms with E-state index < -0.39 is 5.72 Å². The van der Waals surface area contributed by atoms with Crippen molar-refractivity contribution in [1.29, 1.82) is 0 Å². The van der Waals surface area contributed by atoms with E-state index in [1.807, 2.05) is 6.07 Å². The van der Waals surface area contributed by atoms with E-state index in [1.165, 1.54) is 0 Å². The molecule has 0 unspecified atom stereocenters. The third-order valence-corrected chi connectivity index (χ3v) is 1.66. The van der Waals surface area contributed by atoms with Crippen LogP contribution in [0.5, 0.6) is 5.75 Å². The lowest BCUT2D eigenvalue weighted by Crippen LogP contribution is -2.38. The van der Waals surface area contributed by atoms with Crippen molar-refractivity contribution < 1.29 is 9.53 Å². The second-order valence-corrected chi connectivity index (χ2v) is 4.00. The summed E-state index contributed by atoms with van der Waals surface area (Å²) < 4.78 is 5.45. The minimum Gasteiger partial charge on any atom is -0.474 e. The van der Waals surface area contributed by atoms with Gasteiger partial charge >= 0.3 is 0 Å². The van der Waals surface area contributed by atoms with Crippen molar-refractivity contribution in [3.63, 3.8) is 0 Å². The highest BCUT2D eigenvalue weighted by Gasteiger charge is 2.12. The third kappa shape index (κ3) is 4.46. The third-order valence-electron chi connectivity index (χ3n) is 1.66. The number of hydrogen-bond donors (Lipinski definition) is 2. The zero-order valence-electron chi connectivity index (χ0n) is 8.99. The van der Waals surface area contributed by atoms with Crippen LogP contribution < -0.4 is 16.2 Å². The summed E-state index contributed by atoms with van der Waals surface area (Å²) in [6, 6.07) is 7.18. The van der Waals surface area contributed by atoms with E-state index in [2.05, 4.69) is 0 Å². The molecule has 1 aromatic carbocycles. The van der Waals surface area contributed by atoms with Crippen LogP contribution in [0.1, 0.15) is 19.4 Å². The highest BCUT2D eigenvalue weighted by Crippen LogP contribution is 2.17. The molecule has 0 aliphatic heterocycles. The van der Waals surface area contributed by atoms with Crippen LogP contribution in [0.25, 0.3) is 0 Å². The van der Waals surface area contributed by atoms with Gasteiger partial charge < -0.3 is 10.5 Å². The molecule has 4 heteroatoms. The molecule has 0 heterocycles. The first kappa shape index (κ1) is 11.5. The average Bonchev–Trinajstić information content (AvgIpc) is 1.99. The molecular weight excluding hydrogens is 192 g/mol. The van der Waals surface area contributed by atoms with Gasteiger partial charge in [-0.05, 0) is 31.5 Å². The summed E-state index contributed by atoms with van der Waals surface area (Å²) in [5.41, 5.74) is 10.9. The number of primary amides is 1. The molecule has 0 aromatic heterocycles. The fraction of sp³-hybridized carbons (Fsp3) is 0.364. The normalized spacial score (nSPS) is 11.1. The summed E-state index contributed by atoms with van der Waals surface area (Å²) in [7, 11) is 0. The van der Waals surface area contributed by atoms with E-state index in [4.69, 9.17) is 16.2 Å². The Kier molecular flexibility index (Phi) is 3.31. The monoisotopic (exact) mass is 208 g/mol. The number of hydrogen-bond acceptors (Lipinski definition) is 3. The zero-order chi connectivity index (χ0) is 11.5. The number of rotatable bonds is 4. The average molecular weight is 208 g/mol. The van der Waals surface area contributed by atoms with Crippen molar-refractivity contribution in [2.24, 2.45) is 11.5 Å². The quantitative estimate of drug-likeness (QED) is 0.718. The molecule has 0 saturated heterocycles. The minimum atomic E-state index is -0.731. The van der Waals surface area contributed by atoms with Gasteiger partial charge in [-0.2, -0.15) is 0 Å². The Morgan fingerprint density at radius 2 is 2.13 bits per heavy atom. The molecule has 0 fully saturated rings. The SMILES string of the molecule is CC(C)(N)Oc1cccc(CC(N)=O)c1. The minimum absolute atomic E-state index is 0.211. The Balaban J connectivity index is 2.79. The van der Waals surface area contributed by atoms with Gasteiger partial charge in [0.05, 0.1) is 6.42 Å². The summed E-state index contributed by atoms with van der Waals surface area (Å²) >= 11 is 0. The first-order chi connectivity index (χ1) is 6.87. The molecular formula is C11H16N2O2. The van der Waals surface area contributed by atoms with Crippen LogP contribution in [-0.4, -0.2) is 11.6 Å². The maximum atomic E-state index is 10.7. The largest absolute Gasteiger partial charge is 0.474 e. The van der Waals surface area contributed by atoms with Gasteiger partial charge in [0.15, 0.2) is 5.72 Å². The molecule has 0 saturated carbocycles. The molecule has 4 nitrogen and oxygen atoms in total. The number of amides is 1. The predicted molar refractivity (Wildman–Crippen MR) is 58.2 cm³/mol. The molecule has 4 N–H and O–H groups in total. The summed E-state index contributed by atoms with van der Waals surface area (Å²) in [6.45, 7) is 3.52. The highest BCUT2D eigenvalue weighted by molar-refractivity contribution is 5.76. The first-order valence-electron chi connectivity index (χ1n) is 4.72. The van der Waals surface area contributed by atoms with Crippen LogP contribution in [0.3, 0.4) is 0 Å². The van der Waals surface area contributed by atoms with Crippen LogP contribution in [-0.2, 0) is 11.2 Å². The van der Waals surface area contributed by atoms with Crippen LogP contribution >= 0.6 is 0 Å². The maximum Gasteiger partial charge on any atom is 0.221 e. The van der Waals surface area contributed by atoms with Crippen LogP contribution in [0.2, 0.25) is 0 Å².